The van der Waals surface area contributed by atoms with E-state index in [0.29, 0.717) is 26.9 Å². The van der Waals surface area contributed by atoms with Crippen LogP contribution in [0.15, 0.2) is 66.1 Å². The Morgan fingerprint density at radius 3 is 2.82 bits per heavy atom. The van der Waals surface area contributed by atoms with Crippen molar-refractivity contribution in [3.63, 3.8) is 0 Å². The number of carbonyl (C=O) groups is 2. The summed E-state index contributed by atoms with van der Waals surface area (Å²) < 4.78 is 22.0. The summed E-state index contributed by atoms with van der Waals surface area (Å²) in [6.45, 7) is 3.77. The Hall–Kier alpha value is -3.43. The van der Waals surface area contributed by atoms with Crippen LogP contribution in [-0.2, 0) is 11.2 Å². The Morgan fingerprint density at radius 2 is 2.12 bits per heavy atom. The molecule has 1 fully saturated rings. The molecule has 0 spiro atoms. The molecule has 3 heterocycles. The zero-order valence-corrected chi connectivity index (χ0v) is 18.9. The molecule has 1 saturated heterocycles. The second-order valence-electron chi connectivity index (χ2n) is 7.27. The number of pyridine rings is 1. The van der Waals surface area contributed by atoms with Gasteiger partial charge in [-0.05, 0) is 36.8 Å². The Kier molecular flexibility index (Phi) is 6.62. The third kappa shape index (κ3) is 4.84. The summed E-state index contributed by atoms with van der Waals surface area (Å²) in [5.74, 6) is -1.01. The van der Waals surface area contributed by atoms with E-state index >= 15 is 0 Å². The molecule has 1 aliphatic heterocycles. The lowest BCUT2D eigenvalue weighted by Crippen LogP contribution is -2.34. The first-order valence-corrected chi connectivity index (χ1v) is 11.2. The summed E-state index contributed by atoms with van der Waals surface area (Å²) >= 11 is 6.98. The van der Waals surface area contributed by atoms with Crippen molar-refractivity contribution in [2.75, 3.05) is 18.0 Å². The molecule has 1 aliphatic rings. The van der Waals surface area contributed by atoms with E-state index in [0.717, 1.165) is 16.2 Å². The smallest absolute Gasteiger partial charge is 0.414 e. The Morgan fingerprint density at radius 1 is 1.30 bits per heavy atom. The monoisotopic (exact) mass is 487 g/mol. The van der Waals surface area contributed by atoms with Gasteiger partial charge in [-0.2, -0.15) is 0 Å². The fourth-order valence-electron chi connectivity index (χ4n) is 3.47. The van der Waals surface area contributed by atoms with Gasteiger partial charge in [-0.15, -0.1) is 17.9 Å². The van der Waals surface area contributed by atoms with Gasteiger partial charge in [0.1, 0.15) is 11.9 Å². The second kappa shape index (κ2) is 9.60. The number of thiophene rings is 1. The average molecular weight is 488 g/mol. The van der Waals surface area contributed by atoms with E-state index in [1.165, 1.54) is 16.7 Å². The highest BCUT2D eigenvalue weighted by Crippen LogP contribution is 2.27. The Balaban J connectivity index is 1.47. The van der Waals surface area contributed by atoms with Gasteiger partial charge < -0.3 is 10.1 Å². The molecule has 33 heavy (non-hydrogen) atoms. The topological polar surface area (TPSA) is 80.6 Å². The minimum atomic E-state index is -0.717. The largest absolute Gasteiger partial charge is 0.442 e. The quantitative estimate of drug-likeness (QED) is 0.507. The number of halogens is 2. The summed E-state index contributed by atoms with van der Waals surface area (Å²) in [5, 5.41) is 2.68. The number of cyclic esters (lactones) is 1. The molecule has 0 aliphatic carbocycles. The van der Waals surface area contributed by atoms with Crippen LogP contribution in [0.5, 0.6) is 0 Å². The van der Waals surface area contributed by atoms with Gasteiger partial charge in [0.15, 0.2) is 0 Å². The molecule has 4 rings (SSSR count). The highest BCUT2D eigenvalue weighted by atomic mass is 35.5. The van der Waals surface area contributed by atoms with E-state index in [9.17, 15) is 18.8 Å². The Bertz CT molecular complexity index is 1290. The zero-order chi connectivity index (χ0) is 23.5. The number of anilines is 1. The third-order valence-electron chi connectivity index (χ3n) is 5.05. The molecule has 1 aromatic carbocycles. The molecule has 0 unspecified atom stereocenters. The standard InChI is InChI=1S/C23H19ClFN3O4S/c1-2-4-14-5-3-10-27(22(14)30)15-6-7-18(17(25)11-15)28-13-16(32-23(28)31)12-26-21(29)19-8-9-20(24)33-19/h2-3,5-11,16H,1,4,12-13H2,(H,26,29)/t16-/m0/s1. The summed E-state index contributed by atoms with van der Waals surface area (Å²) in [5.41, 5.74) is 0.624. The van der Waals surface area contributed by atoms with Gasteiger partial charge in [0.25, 0.3) is 11.5 Å². The van der Waals surface area contributed by atoms with Crippen molar-refractivity contribution in [1.29, 1.82) is 0 Å². The molecule has 2 amide bonds. The molecule has 1 N–H and O–H groups in total. The molecular weight excluding hydrogens is 469 g/mol. The van der Waals surface area contributed by atoms with E-state index in [4.69, 9.17) is 16.3 Å². The second-order valence-corrected chi connectivity index (χ2v) is 8.98. The molecule has 0 saturated carbocycles. The van der Waals surface area contributed by atoms with Crippen molar-refractivity contribution >= 4 is 40.6 Å². The summed E-state index contributed by atoms with van der Waals surface area (Å²) in [6.07, 6.45) is 2.21. The number of hydrogen-bond acceptors (Lipinski definition) is 5. The normalized spacial score (nSPS) is 15.4. The zero-order valence-electron chi connectivity index (χ0n) is 17.3. The number of aromatic nitrogens is 1. The number of nitrogens with zero attached hydrogens (tertiary/aromatic N) is 2. The van der Waals surface area contributed by atoms with E-state index in [2.05, 4.69) is 11.9 Å². The summed E-state index contributed by atoms with van der Waals surface area (Å²) in [6, 6.07) is 10.8. The molecule has 1 atom stereocenters. The van der Waals surface area contributed by atoms with E-state index in [1.54, 1.807) is 42.6 Å². The highest BCUT2D eigenvalue weighted by Gasteiger charge is 2.34. The van der Waals surface area contributed by atoms with Crippen LogP contribution in [0.4, 0.5) is 14.9 Å². The van der Waals surface area contributed by atoms with Crippen LogP contribution < -0.4 is 15.8 Å². The van der Waals surface area contributed by atoms with Crippen molar-refractivity contribution in [2.24, 2.45) is 0 Å². The summed E-state index contributed by atoms with van der Waals surface area (Å²) in [4.78, 5) is 38.7. The maximum absolute atomic E-state index is 14.9. The van der Waals surface area contributed by atoms with Crippen LogP contribution in [0, 0.1) is 5.82 Å². The minimum Gasteiger partial charge on any atom is -0.442 e. The van der Waals surface area contributed by atoms with E-state index in [1.807, 2.05) is 0 Å². The van der Waals surface area contributed by atoms with Crippen LogP contribution in [0.25, 0.3) is 5.69 Å². The number of benzene rings is 1. The SMILES string of the molecule is C=CCc1cccn(-c2ccc(N3C[C@H](CNC(=O)c4ccc(Cl)s4)OC3=O)c(F)c2)c1=O. The van der Waals surface area contributed by atoms with Gasteiger partial charge in [0, 0.05) is 17.8 Å². The number of allylic oxidation sites excluding steroid dienone is 1. The lowest BCUT2D eigenvalue weighted by molar-refractivity contribution is 0.0920. The predicted molar refractivity (Wildman–Crippen MR) is 125 cm³/mol. The van der Waals surface area contributed by atoms with Gasteiger partial charge >= 0.3 is 6.09 Å². The molecule has 0 radical (unpaired) electrons. The molecule has 170 valence electrons. The van der Waals surface area contributed by atoms with Crippen molar-refractivity contribution < 1.29 is 18.7 Å². The van der Waals surface area contributed by atoms with Gasteiger partial charge in [0.2, 0.25) is 0 Å². The van der Waals surface area contributed by atoms with Crippen LogP contribution in [0.3, 0.4) is 0 Å². The van der Waals surface area contributed by atoms with Crippen molar-refractivity contribution in [2.45, 2.75) is 12.5 Å². The molecule has 2 aromatic heterocycles. The molecule has 0 bridgehead atoms. The lowest BCUT2D eigenvalue weighted by Gasteiger charge is -2.15. The number of nitrogens with one attached hydrogen (secondary N) is 1. The first kappa shape index (κ1) is 22.8. The van der Waals surface area contributed by atoms with Crippen molar-refractivity contribution in [1.82, 2.24) is 9.88 Å². The molecule has 10 heteroatoms. The van der Waals surface area contributed by atoms with Gasteiger partial charge in [0.05, 0.1) is 33.7 Å². The fraction of sp³-hybridized carbons (Fsp3) is 0.174. The maximum atomic E-state index is 14.9. The fourth-order valence-corrected chi connectivity index (χ4v) is 4.43. The third-order valence-corrected chi connectivity index (χ3v) is 6.28. The van der Waals surface area contributed by atoms with Gasteiger partial charge in [-0.3, -0.25) is 19.1 Å². The van der Waals surface area contributed by atoms with Crippen LogP contribution in [0.1, 0.15) is 15.2 Å². The minimum absolute atomic E-state index is 0.0258. The highest BCUT2D eigenvalue weighted by molar-refractivity contribution is 7.18. The number of ether oxygens (including phenoxy) is 1. The number of rotatable bonds is 7. The maximum Gasteiger partial charge on any atom is 0.414 e. The van der Waals surface area contributed by atoms with Crippen LogP contribution in [0.2, 0.25) is 4.34 Å². The number of carbonyl (C=O) groups excluding carboxylic acids is 2. The first-order chi connectivity index (χ1) is 15.9. The number of amides is 2. The first-order valence-electron chi connectivity index (χ1n) is 10.0. The van der Waals surface area contributed by atoms with E-state index < -0.39 is 18.0 Å². The van der Waals surface area contributed by atoms with Crippen molar-refractivity contribution in [3.8, 4) is 5.69 Å². The summed E-state index contributed by atoms with van der Waals surface area (Å²) in [7, 11) is 0. The van der Waals surface area contributed by atoms with E-state index in [-0.39, 0.29) is 30.2 Å². The predicted octanol–water partition coefficient (Wildman–Crippen LogP) is 4.18. The number of hydrogen-bond donors (Lipinski definition) is 1. The molecule has 7 nitrogen and oxygen atoms in total. The van der Waals surface area contributed by atoms with Crippen LogP contribution >= 0.6 is 22.9 Å². The van der Waals surface area contributed by atoms with Crippen molar-refractivity contribution in [3.05, 3.63) is 92.3 Å². The molecular formula is C23H19ClFN3O4S. The average Bonchev–Trinajstić information content (AvgIpc) is 3.39. The van der Waals surface area contributed by atoms with Gasteiger partial charge in [-0.1, -0.05) is 23.7 Å². The van der Waals surface area contributed by atoms with Crippen LogP contribution in [-0.4, -0.2) is 35.8 Å². The van der Waals surface area contributed by atoms with Gasteiger partial charge in [-0.25, -0.2) is 9.18 Å². The lowest BCUT2D eigenvalue weighted by atomic mass is 10.2. The molecule has 3 aromatic rings. The Labute approximate surface area is 197 Å².